The van der Waals surface area contributed by atoms with E-state index in [9.17, 15) is 9.90 Å². The van der Waals surface area contributed by atoms with Crippen molar-refractivity contribution in [2.45, 2.75) is 23.8 Å². The molecule has 0 aliphatic rings. The maximum atomic E-state index is 10.6. The van der Waals surface area contributed by atoms with Crippen LogP contribution in [0, 0.1) is 0 Å². The number of halogens is 1. The number of carbonyl (C=O) groups is 1. The van der Waals surface area contributed by atoms with Gasteiger partial charge in [0, 0.05) is 15.8 Å². The molecule has 0 aliphatic carbocycles. The molecule has 0 fully saturated rings. The van der Waals surface area contributed by atoms with Gasteiger partial charge in [-0.25, -0.2) is 4.79 Å². The van der Waals surface area contributed by atoms with Gasteiger partial charge in [-0.2, -0.15) is 0 Å². The van der Waals surface area contributed by atoms with Gasteiger partial charge in [-0.15, -0.1) is 12.6 Å². The minimum Gasteiger partial charge on any atom is -0.479 e. The van der Waals surface area contributed by atoms with Crippen molar-refractivity contribution in [3.63, 3.8) is 0 Å². The number of alkyl halides is 1. The zero-order valence-corrected chi connectivity index (χ0v) is 11.0. The second-order valence-corrected chi connectivity index (χ2v) is 4.70. The topological polar surface area (TPSA) is 57.5 Å². The van der Waals surface area contributed by atoms with Crippen molar-refractivity contribution in [1.82, 2.24) is 0 Å². The number of rotatable bonds is 5. The smallest absolute Gasteiger partial charge is 0.337 e. The van der Waals surface area contributed by atoms with Crippen LogP contribution in [0.4, 0.5) is 0 Å². The van der Waals surface area contributed by atoms with Crippen LogP contribution in [0.15, 0.2) is 23.1 Å². The lowest BCUT2D eigenvalue weighted by molar-refractivity contribution is -0.147. The van der Waals surface area contributed by atoms with Crippen molar-refractivity contribution >= 4 is 34.5 Å². The lowest BCUT2D eigenvalue weighted by atomic mass is 10.0. The van der Waals surface area contributed by atoms with E-state index in [1.807, 2.05) is 6.07 Å². The number of thiol groups is 1. The summed E-state index contributed by atoms with van der Waals surface area (Å²) in [7, 11) is 0. The minimum absolute atomic E-state index is 0.332. The third-order valence-corrected chi connectivity index (χ3v) is 3.17. The van der Waals surface area contributed by atoms with Gasteiger partial charge in [0.15, 0.2) is 6.10 Å². The summed E-state index contributed by atoms with van der Waals surface area (Å²) in [5.74, 6) is -1.26. The quantitative estimate of drug-likeness (QED) is 0.578. The SMILES string of the molecule is O=C(O)C(O)c1ccc(CCCBr)cc1S. The third-order valence-electron chi connectivity index (χ3n) is 2.22. The number of aliphatic carboxylic acids is 1. The van der Waals surface area contributed by atoms with E-state index in [1.165, 1.54) is 0 Å². The normalized spacial score (nSPS) is 12.4. The van der Waals surface area contributed by atoms with Gasteiger partial charge < -0.3 is 10.2 Å². The van der Waals surface area contributed by atoms with E-state index < -0.39 is 12.1 Å². The van der Waals surface area contributed by atoms with Crippen LogP contribution in [0.2, 0.25) is 0 Å². The molecular formula is C11H13BrO3S. The highest BCUT2D eigenvalue weighted by molar-refractivity contribution is 9.09. The van der Waals surface area contributed by atoms with E-state index in [0.29, 0.717) is 10.5 Å². The Kier molecular flexibility index (Phi) is 5.31. The number of aliphatic hydroxyl groups is 1. The summed E-state index contributed by atoms with van der Waals surface area (Å²) in [6.45, 7) is 0. The standard InChI is InChI=1S/C11H13BrO3S/c12-5-1-2-7-3-4-8(9(16)6-7)10(13)11(14)15/h3-4,6,10,13,16H,1-2,5H2,(H,14,15). The van der Waals surface area contributed by atoms with E-state index in [0.717, 1.165) is 23.7 Å². The molecule has 5 heteroatoms. The van der Waals surface area contributed by atoms with Crippen molar-refractivity contribution in [3.8, 4) is 0 Å². The van der Waals surface area contributed by atoms with Crippen molar-refractivity contribution in [2.75, 3.05) is 5.33 Å². The van der Waals surface area contributed by atoms with Gasteiger partial charge >= 0.3 is 5.97 Å². The number of aryl methyl sites for hydroxylation is 1. The molecule has 0 aromatic heterocycles. The number of hydrogen-bond donors (Lipinski definition) is 3. The number of aliphatic hydroxyl groups excluding tert-OH is 1. The highest BCUT2D eigenvalue weighted by atomic mass is 79.9. The van der Waals surface area contributed by atoms with Crippen LogP contribution >= 0.6 is 28.6 Å². The molecule has 0 heterocycles. The van der Waals surface area contributed by atoms with E-state index in [4.69, 9.17) is 5.11 Å². The van der Waals surface area contributed by atoms with E-state index in [-0.39, 0.29) is 0 Å². The van der Waals surface area contributed by atoms with E-state index in [1.54, 1.807) is 12.1 Å². The van der Waals surface area contributed by atoms with Crippen LogP contribution in [0.25, 0.3) is 0 Å². The first-order valence-electron chi connectivity index (χ1n) is 4.85. The van der Waals surface area contributed by atoms with Crippen LogP contribution in [0.3, 0.4) is 0 Å². The Morgan fingerprint density at radius 3 is 2.69 bits per heavy atom. The summed E-state index contributed by atoms with van der Waals surface area (Å²) in [5.41, 5.74) is 1.42. The molecule has 2 N–H and O–H groups in total. The Labute approximate surface area is 108 Å². The van der Waals surface area contributed by atoms with Gasteiger partial charge in [0.1, 0.15) is 0 Å². The highest BCUT2D eigenvalue weighted by Crippen LogP contribution is 2.23. The lowest BCUT2D eigenvalue weighted by Crippen LogP contribution is -2.11. The molecule has 0 radical (unpaired) electrons. The minimum atomic E-state index is -1.50. The van der Waals surface area contributed by atoms with Crippen molar-refractivity contribution < 1.29 is 15.0 Å². The Bertz CT molecular complexity index is 381. The largest absolute Gasteiger partial charge is 0.479 e. The van der Waals surface area contributed by atoms with Gasteiger partial charge in [-0.1, -0.05) is 28.1 Å². The van der Waals surface area contributed by atoms with Crippen LogP contribution < -0.4 is 0 Å². The summed E-state index contributed by atoms with van der Waals surface area (Å²) in [4.78, 5) is 11.1. The molecular weight excluding hydrogens is 292 g/mol. The molecule has 0 spiro atoms. The first-order chi connectivity index (χ1) is 7.56. The number of benzene rings is 1. The van der Waals surface area contributed by atoms with Gasteiger partial charge in [0.25, 0.3) is 0 Å². The molecule has 3 nitrogen and oxygen atoms in total. The number of hydrogen-bond acceptors (Lipinski definition) is 3. The molecule has 0 bridgehead atoms. The molecule has 1 aromatic carbocycles. The van der Waals surface area contributed by atoms with Crippen LogP contribution in [0.1, 0.15) is 23.7 Å². The molecule has 0 saturated heterocycles. The highest BCUT2D eigenvalue weighted by Gasteiger charge is 2.18. The zero-order valence-electron chi connectivity index (χ0n) is 8.56. The molecule has 0 saturated carbocycles. The summed E-state index contributed by atoms with van der Waals surface area (Å²) < 4.78 is 0. The fourth-order valence-electron chi connectivity index (χ4n) is 1.38. The molecule has 0 aliphatic heterocycles. The van der Waals surface area contributed by atoms with Crippen LogP contribution in [-0.4, -0.2) is 21.5 Å². The number of carboxylic acid groups (broad SMARTS) is 1. The fourth-order valence-corrected chi connectivity index (χ4v) is 2.02. The predicted molar refractivity (Wildman–Crippen MR) is 68.4 cm³/mol. The average Bonchev–Trinajstić information content (AvgIpc) is 2.25. The summed E-state index contributed by atoms with van der Waals surface area (Å²) >= 11 is 7.53. The average molecular weight is 305 g/mol. The van der Waals surface area contributed by atoms with E-state index >= 15 is 0 Å². The van der Waals surface area contributed by atoms with Crippen LogP contribution in [-0.2, 0) is 11.2 Å². The Balaban J connectivity index is 2.87. The third kappa shape index (κ3) is 3.50. The molecule has 1 rings (SSSR count). The molecule has 1 aromatic rings. The van der Waals surface area contributed by atoms with Gasteiger partial charge in [-0.05, 0) is 24.5 Å². The molecule has 0 amide bonds. The monoisotopic (exact) mass is 304 g/mol. The molecule has 1 unspecified atom stereocenters. The zero-order chi connectivity index (χ0) is 12.1. The van der Waals surface area contributed by atoms with Crippen molar-refractivity contribution in [3.05, 3.63) is 29.3 Å². The lowest BCUT2D eigenvalue weighted by Gasteiger charge is -2.10. The summed E-state index contributed by atoms with van der Waals surface area (Å²) in [5, 5.41) is 19.0. The van der Waals surface area contributed by atoms with Gasteiger partial charge in [0.2, 0.25) is 0 Å². The Morgan fingerprint density at radius 2 is 2.19 bits per heavy atom. The maximum Gasteiger partial charge on any atom is 0.337 e. The number of carboxylic acids is 1. The maximum absolute atomic E-state index is 10.6. The first kappa shape index (κ1) is 13.5. The fraction of sp³-hybridized carbons (Fsp3) is 0.364. The second-order valence-electron chi connectivity index (χ2n) is 3.43. The second kappa shape index (κ2) is 6.27. The Morgan fingerprint density at radius 1 is 1.50 bits per heavy atom. The van der Waals surface area contributed by atoms with Gasteiger partial charge in [0.05, 0.1) is 0 Å². The van der Waals surface area contributed by atoms with Gasteiger partial charge in [-0.3, -0.25) is 0 Å². The predicted octanol–water partition coefficient (Wildman–Crippen LogP) is 2.42. The Hall–Kier alpha value is -0.520. The molecule has 1 atom stereocenters. The van der Waals surface area contributed by atoms with E-state index in [2.05, 4.69) is 28.6 Å². The summed E-state index contributed by atoms with van der Waals surface area (Å²) in [6, 6.07) is 5.24. The molecule has 16 heavy (non-hydrogen) atoms. The summed E-state index contributed by atoms with van der Waals surface area (Å²) in [6.07, 6.45) is 0.411. The van der Waals surface area contributed by atoms with Crippen LogP contribution in [0.5, 0.6) is 0 Å². The van der Waals surface area contributed by atoms with Crippen molar-refractivity contribution in [1.29, 1.82) is 0 Å². The molecule has 88 valence electrons. The van der Waals surface area contributed by atoms with Crippen molar-refractivity contribution in [2.24, 2.45) is 0 Å². The first-order valence-corrected chi connectivity index (χ1v) is 6.41.